The van der Waals surface area contributed by atoms with Crippen molar-refractivity contribution in [1.29, 1.82) is 0 Å². The van der Waals surface area contributed by atoms with Crippen molar-refractivity contribution in [3.05, 3.63) is 212 Å². The molecule has 0 aliphatic carbocycles. The van der Waals surface area contributed by atoms with E-state index >= 15 is 0 Å². The maximum absolute atomic E-state index is 10.0. The molecule has 0 saturated heterocycles. The summed E-state index contributed by atoms with van der Waals surface area (Å²) in [6.45, 7) is 0. The topological polar surface area (TPSA) is 48.5 Å². The normalized spacial score (nSPS) is 17.1. The van der Waals surface area contributed by atoms with Crippen molar-refractivity contribution >= 4 is 75.1 Å². The molecule has 9 aromatic carbocycles. The van der Waals surface area contributed by atoms with Crippen molar-refractivity contribution in [1.82, 2.24) is 24.1 Å². The van der Waals surface area contributed by atoms with E-state index in [-0.39, 0.29) is 11.4 Å². The first kappa shape index (κ1) is 19.2. The number of hydrogen-bond donors (Lipinski definition) is 0. The van der Waals surface area contributed by atoms with Crippen molar-refractivity contribution < 1.29 is 32.9 Å². The Morgan fingerprint density at radius 3 is 1.51 bits per heavy atom. The third-order valence-electron chi connectivity index (χ3n) is 10.7. The van der Waals surface area contributed by atoms with Crippen LogP contribution < -0.4 is 0 Å². The minimum atomic E-state index is -0.864. The van der Waals surface area contributed by atoms with Gasteiger partial charge in [0.1, 0.15) is 0 Å². The zero-order valence-corrected chi connectivity index (χ0v) is 32.8. The van der Waals surface area contributed by atoms with Gasteiger partial charge in [0.05, 0.1) is 55.0 Å². The van der Waals surface area contributed by atoms with Gasteiger partial charge in [0, 0.05) is 47.3 Å². The molecule has 0 aliphatic heterocycles. The van der Waals surface area contributed by atoms with Crippen molar-refractivity contribution in [3.8, 4) is 56.7 Å². The third-order valence-corrected chi connectivity index (χ3v) is 11.8. The summed E-state index contributed by atoms with van der Waals surface area (Å²) in [5, 5.41) is 0.143. The number of benzene rings is 9. The standard InChI is InChI=1S/C57H35N5S/c1-3-14-36(15-4-1)40-26-29-45-43-20-7-10-23-49(43)61(51(45)34-40)56-58-55(42-19-13-18-38(32-42)39-28-31-54-48(33-39)47-22-9-12-25-53(47)63-54)59-57(60-56)62-50-24-11-8-21-44(50)46-30-27-41(35-52(46)62)37-16-5-2-6-17-37/h1-35H/i1D,2D,3D,4D,5D,6D,7D,8D,10D,11D,14D,15D,16D,17D,20D,21D,23D,24D,26D,27D,29D,30D,34D,35D. The van der Waals surface area contributed by atoms with Gasteiger partial charge < -0.3 is 0 Å². The van der Waals surface area contributed by atoms with E-state index in [1.54, 1.807) is 35.6 Å². The molecule has 4 aromatic heterocycles. The van der Waals surface area contributed by atoms with Crippen molar-refractivity contribution in [2.45, 2.75) is 0 Å². The van der Waals surface area contributed by atoms with Crippen LogP contribution in [0.2, 0.25) is 0 Å². The molecule has 0 unspecified atom stereocenters. The van der Waals surface area contributed by atoms with Crippen LogP contribution in [-0.2, 0) is 0 Å². The smallest absolute Gasteiger partial charge is 0.240 e. The Labute approximate surface area is 400 Å². The zero-order chi connectivity index (χ0) is 62.3. The van der Waals surface area contributed by atoms with Gasteiger partial charge in [-0.3, -0.25) is 9.13 Å². The van der Waals surface area contributed by atoms with E-state index in [1.165, 1.54) is 0 Å². The lowest BCUT2D eigenvalue weighted by molar-refractivity contribution is 0.893. The highest BCUT2D eigenvalue weighted by Gasteiger charge is 2.22. The monoisotopic (exact) mass is 845 g/mol. The molecular formula is C57H35N5S. The summed E-state index contributed by atoms with van der Waals surface area (Å²) in [5.74, 6) is -1.66. The van der Waals surface area contributed by atoms with Crippen molar-refractivity contribution in [2.24, 2.45) is 0 Å². The van der Waals surface area contributed by atoms with Crippen LogP contribution in [0, 0.1) is 0 Å². The second-order valence-electron chi connectivity index (χ2n) is 14.2. The van der Waals surface area contributed by atoms with Gasteiger partial charge in [-0.15, -0.1) is 11.3 Å². The fraction of sp³-hybridized carbons (Fsp3) is 0. The fourth-order valence-corrected chi connectivity index (χ4v) is 8.94. The highest BCUT2D eigenvalue weighted by molar-refractivity contribution is 7.25. The second kappa shape index (κ2) is 14.2. The summed E-state index contributed by atoms with van der Waals surface area (Å²) in [5.41, 5.74) is -3.34. The molecule has 0 spiro atoms. The number of thiophene rings is 1. The molecule has 0 saturated carbocycles. The molecule has 294 valence electrons. The van der Waals surface area contributed by atoms with Crippen LogP contribution in [0.25, 0.3) is 120 Å². The lowest BCUT2D eigenvalue weighted by atomic mass is 10.0. The van der Waals surface area contributed by atoms with E-state index < -0.39 is 223 Å². The predicted octanol–water partition coefficient (Wildman–Crippen LogP) is 15.1. The Kier molecular flexibility index (Phi) is 4.34. The summed E-state index contributed by atoms with van der Waals surface area (Å²) in [6.07, 6.45) is 0. The van der Waals surface area contributed by atoms with Crippen LogP contribution in [0.5, 0.6) is 0 Å². The Balaban J connectivity index is 1.23. The van der Waals surface area contributed by atoms with Gasteiger partial charge in [0.25, 0.3) is 0 Å². The van der Waals surface area contributed by atoms with E-state index in [0.717, 1.165) is 34.9 Å². The van der Waals surface area contributed by atoms with Gasteiger partial charge in [-0.05, 0) is 81.8 Å². The molecule has 4 heterocycles. The quantitative estimate of drug-likeness (QED) is 0.167. The van der Waals surface area contributed by atoms with E-state index in [9.17, 15) is 13.7 Å². The summed E-state index contributed by atoms with van der Waals surface area (Å²) < 4.78 is 222. The molecule has 13 aromatic rings. The van der Waals surface area contributed by atoms with Crippen molar-refractivity contribution in [3.63, 3.8) is 0 Å². The summed E-state index contributed by atoms with van der Waals surface area (Å²) >= 11 is 1.60. The average Bonchev–Trinajstić information content (AvgIpc) is 1.60. The molecule has 0 bridgehead atoms. The molecular weight excluding hydrogens is 787 g/mol. The number of aromatic nitrogens is 5. The third kappa shape index (κ3) is 5.80. The predicted molar refractivity (Wildman–Crippen MR) is 263 cm³/mol. The van der Waals surface area contributed by atoms with Crippen LogP contribution in [0.1, 0.15) is 32.9 Å². The van der Waals surface area contributed by atoms with Crippen LogP contribution in [0.3, 0.4) is 0 Å². The highest BCUT2D eigenvalue weighted by Crippen LogP contribution is 2.39. The number of nitrogens with zero attached hydrogens (tertiary/aromatic N) is 5. The van der Waals surface area contributed by atoms with E-state index in [1.807, 2.05) is 42.5 Å². The molecule has 6 heteroatoms. The Morgan fingerprint density at radius 1 is 0.349 bits per heavy atom. The summed E-state index contributed by atoms with van der Waals surface area (Å²) in [6, 6.07) is 0.548. The van der Waals surface area contributed by atoms with Gasteiger partial charge >= 0.3 is 0 Å². The molecule has 63 heavy (non-hydrogen) atoms. The largest absolute Gasteiger partial charge is 0.278 e. The first-order valence-electron chi connectivity index (χ1n) is 31.2. The molecule has 5 nitrogen and oxygen atoms in total. The van der Waals surface area contributed by atoms with Gasteiger partial charge in [0.15, 0.2) is 5.82 Å². The molecule has 0 amide bonds. The van der Waals surface area contributed by atoms with E-state index in [2.05, 4.69) is 0 Å². The Morgan fingerprint density at radius 2 is 0.873 bits per heavy atom. The highest BCUT2D eigenvalue weighted by atomic mass is 32.1. The molecule has 0 N–H and O–H groups in total. The van der Waals surface area contributed by atoms with Gasteiger partial charge in [-0.1, -0.05) is 163 Å². The lowest BCUT2D eigenvalue weighted by Crippen LogP contribution is -2.10. The first-order valence-corrected chi connectivity index (χ1v) is 20.0. The van der Waals surface area contributed by atoms with Crippen LogP contribution in [0.4, 0.5) is 0 Å². The van der Waals surface area contributed by atoms with Gasteiger partial charge in [-0.25, -0.2) is 0 Å². The molecule has 0 fully saturated rings. The van der Waals surface area contributed by atoms with E-state index in [4.69, 9.17) is 34.1 Å². The van der Waals surface area contributed by atoms with Gasteiger partial charge in [-0.2, -0.15) is 15.0 Å². The average molecular weight is 846 g/mol. The second-order valence-corrected chi connectivity index (χ2v) is 15.3. The maximum Gasteiger partial charge on any atom is 0.240 e. The minimum Gasteiger partial charge on any atom is -0.278 e. The van der Waals surface area contributed by atoms with Gasteiger partial charge in [0.2, 0.25) is 11.9 Å². The fourth-order valence-electron chi connectivity index (χ4n) is 7.85. The SMILES string of the molecule is [2H]c1c([2H])c([2H])c(-c2c([2H])c([2H])c3c4c([2H])c([2H])c([2H])c([2H])c4n(-c4nc(-c5cccc(-c6ccc7sc8ccccc8c7c6)c5)nc(-n5c6c([2H])c([2H])c([2H])c([2H])c6c6c([2H])c([2H])c(-c7c([2H])c([2H])c([2H])c([2H])c7[2H])c([2H])c65)n4)c3c2[2H])c([2H])c1[2H]. The lowest BCUT2D eigenvalue weighted by Gasteiger charge is -2.14. The van der Waals surface area contributed by atoms with E-state index in [0.29, 0.717) is 5.56 Å². The maximum atomic E-state index is 10.0. The zero-order valence-electron chi connectivity index (χ0n) is 56.0. The number of rotatable bonds is 6. The van der Waals surface area contributed by atoms with Crippen LogP contribution in [-0.4, -0.2) is 24.1 Å². The summed E-state index contributed by atoms with van der Waals surface area (Å²) in [7, 11) is 0. The Bertz CT molecular complexity index is 5060. The van der Waals surface area contributed by atoms with Crippen LogP contribution in [0.15, 0.2) is 212 Å². The molecule has 0 atom stereocenters. The molecule has 0 aliphatic rings. The van der Waals surface area contributed by atoms with Crippen molar-refractivity contribution in [2.75, 3.05) is 0 Å². The number of hydrogen-bond acceptors (Lipinski definition) is 4. The summed E-state index contributed by atoms with van der Waals surface area (Å²) in [4.78, 5) is 14.7. The molecule has 13 rings (SSSR count). The molecule has 0 radical (unpaired) electrons. The Hall–Kier alpha value is -8.19. The minimum absolute atomic E-state index is 0.180. The number of fused-ring (bicyclic) bond motifs is 9. The van der Waals surface area contributed by atoms with Crippen LogP contribution >= 0.6 is 11.3 Å². The number of para-hydroxylation sites is 2. The first-order chi connectivity index (χ1) is 41.2.